The maximum Gasteiger partial charge on any atom is 0.255 e. The average molecular weight is 418 g/mol. The van der Waals surface area contributed by atoms with Crippen LogP contribution in [0.5, 0.6) is 0 Å². The molecule has 152 valence electrons. The van der Waals surface area contributed by atoms with E-state index >= 15 is 0 Å². The first kappa shape index (κ1) is 19.0. The van der Waals surface area contributed by atoms with Crippen molar-refractivity contribution in [3.05, 3.63) is 82.9 Å². The number of nitrogens with one attached hydrogen (secondary N) is 1. The number of benzene rings is 1. The van der Waals surface area contributed by atoms with Gasteiger partial charge >= 0.3 is 0 Å². The van der Waals surface area contributed by atoms with Crippen molar-refractivity contribution in [3.63, 3.8) is 0 Å². The smallest absolute Gasteiger partial charge is 0.255 e. The predicted octanol–water partition coefficient (Wildman–Crippen LogP) is 4.45. The van der Waals surface area contributed by atoms with E-state index in [0.29, 0.717) is 0 Å². The molecule has 1 amide bonds. The highest BCUT2D eigenvalue weighted by atomic mass is 32.1. The Kier molecular flexibility index (Phi) is 5.11. The Morgan fingerprint density at radius 1 is 1.20 bits per heavy atom. The van der Waals surface area contributed by atoms with Crippen LogP contribution in [-0.2, 0) is 9.53 Å². The minimum absolute atomic E-state index is 0.0862. The number of carbonyl (C=O) groups excluding carboxylic acids is 1. The fraction of sp³-hybridized carbons (Fsp3) is 0.250. The number of hydrogen-bond acceptors (Lipinski definition) is 5. The monoisotopic (exact) mass is 417 g/mol. The van der Waals surface area contributed by atoms with Gasteiger partial charge in [0.15, 0.2) is 0 Å². The number of rotatable bonds is 3. The summed E-state index contributed by atoms with van der Waals surface area (Å²) in [7, 11) is 0. The van der Waals surface area contributed by atoms with E-state index < -0.39 is 0 Å². The molecule has 0 aliphatic carbocycles. The molecular formula is C24H23N3O2S. The van der Waals surface area contributed by atoms with E-state index in [1.807, 2.05) is 49.4 Å². The van der Waals surface area contributed by atoms with Gasteiger partial charge < -0.3 is 10.1 Å². The van der Waals surface area contributed by atoms with E-state index in [0.717, 1.165) is 63.7 Å². The number of nitrogens with zero attached hydrogens (tertiary/aromatic N) is 2. The number of thiazole rings is 1. The van der Waals surface area contributed by atoms with Gasteiger partial charge in [0.2, 0.25) is 0 Å². The number of carbonyl (C=O) groups is 1. The number of aryl methyl sites for hydroxylation is 1. The van der Waals surface area contributed by atoms with Crippen LogP contribution in [0.4, 0.5) is 0 Å². The molecule has 1 aromatic carbocycles. The third kappa shape index (κ3) is 3.88. The van der Waals surface area contributed by atoms with Gasteiger partial charge in [0.1, 0.15) is 11.9 Å². The normalized spacial score (nSPS) is 21.4. The van der Waals surface area contributed by atoms with E-state index in [1.165, 1.54) is 0 Å². The van der Waals surface area contributed by atoms with Crippen molar-refractivity contribution < 1.29 is 9.53 Å². The van der Waals surface area contributed by atoms with Crippen molar-refractivity contribution in [2.24, 2.45) is 0 Å². The minimum Gasteiger partial charge on any atom is -0.489 e. The van der Waals surface area contributed by atoms with Gasteiger partial charge in [-0.25, -0.2) is 4.98 Å². The highest BCUT2D eigenvalue weighted by Gasteiger charge is 2.21. The van der Waals surface area contributed by atoms with E-state index in [1.54, 1.807) is 28.5 Å². The number of amides is 1. The molecule has 1 saturated heterocycles. The Morgan fingerprint density at radius 2 is 2.07 bits per heavy atom. The highest BCUT2D eigenvalue weighted by Crippen LogP contribution is 2.29. The predicted molar refractivity (Wildman–Crippen MR) is 121 cm³/mol. The van der Waals surface area contributed by atoms with E-state index in [4.69, 9.17) is 4.74 Å². The minimum atomic E-state index is -0.0862. The second-order valence-electron chi connectivity index (χ2n) is 7.61. The summed E-state index contributed by atoms with van der Waals surface area (Å²) in [5.74, 6) is 0.644. The quantitative estimate of drug-likeness (QED) is 0.802. The number of piperidine rings is 1. The van der Waals surface area contributed by atoms with Crippen LogP contribution in [0.2, 0.25) is 0 Å². The summed E-state index contributed by atoms with van der Waals surface area (Å²) < 4.78 is 7.26. The second-order valence-corrected chi connectivity index (χ2v) is 8.84. The first-order valence-corrected chi connectivity index (χ1v) is 11.1. The van der Waals surface area contributed by atoms with Crippen LogP contribution in [0, 0.1) is 6.92 Å². The Bertz CT molecular complexity index is 1150. The molecule has 0 atom stereocenters. The maximum atomic E-state index is 13.1. The topological polar surface area (TPSA) is 54.5 Å². The number of allylic oxidation sites excluding steroid dienone is 6. The lowest BCUT2D eigenvalue weighted by atomic mass is 10.0. The summed E-state index contributed by atoms with van der Waals surface area (Å²) in [5, 5.41) is 4.38. The average Bonchev–Trinajstić information content (AvgIpc) is 3.12. The maximum absolute atomic E-state index is 13.1. The van der Waals surface area contributed by atoms with Crippen LogP contribution in [0.3, 0.4) is 0 Å². The lowest BCUT2D eigenvalue weighted by Gasteiger charge is -2.28. The zero-order valence-electron chi connectivity index (χ0n) is 16.8. The summed E-state index contributed by atoms with van der Waals surface area (Å²) in [6.07, 6.45) is 15.4. The van der Waals surface area contributed by atoms with E-state index in [9.17, 15) is 4.79 Å². The molecule has 1 fully saturated rings. The summed E-state index contributed by atoms with van der Waals surface area (Å²) in [6.45, 7) is 3.95. The molecule has 4 heterocycles. The molecule has 5 rings (SSSR count). The molecule has 0 unspecified atom stereocenters. The van der Waals surface area contributed by atoms with Gasteiger partial charge in [0.05, 0.1) is 21.4 Å². The zero-order valence-corrected chi connectivity index (χ0v) is 17.6. The van der Waals surface area contributed by atoms with Crippen molar-refractivity contribution in [2.75, 3.05) is 13.1 Å². The summed E-state index contributed by atoms with van der Waals surface area (Å²) >= 11 is 1.67. The molecule has 30 heavy (non-hydrogen) atoms. The number of ether oxygens (including phenoxy) is 1. The van der Waals surface area contributed by atoms with Crippen LogP contribution >= 0.6 is 11.3 Å². The standard InChI is InChI=1S/C24H23N3O2S/c1-16-26-22-8-5-18(13-23(22)30-16)17-3-2-4-19-6-7-21(15-27(19)24(28)14-17)29-20-9-11-25-12-10-20/h2-8,13-15,20,25H,9-12H2,1H3/b3-2?,17-14?,19-4+. The molecule has 0 spiro atoms. The fourth-order valence-corrected chi connectivity index (χ4v) is 4.76. The molecule has 0 saturated carbocycles. The van der Waals surface area contributed by atoms with Crippen molar-refractivity contribution >= 4 is 33.0 Å². The van der Waals surface area contributed by atoms with Crippen molar-refractivity contribution in [2.45, 2.75) is 25.9 Å². The van der Waals surface area contributed by atoms with Gasteiger partial charge in [-0.2, -0.15) is 0 Å². The molecule has 6 heteroatoms. The Hall–Kier alpha value is -2.96. The SMILES string of the molecule is Cc1nc2ccc(C3=CC(=O)N4C=C(OC5CCNCC5)C=C/C4=C\C=C3)cc2s1. The molecule has 5 nitrogen and oxygen atoms in total. The second kappa shape index (κ2) is 8.05. The molecule has 1 aromatic heterocycles. The van der Waals surface area contributed by atoms with Crippen LogP contribution in [-0.4, -0.2) is 35.0 Å². The molecule has 3 aliphatic heterocycles. The van der Waals surface area contributed by atoms with Crippen molar-refractivity contribution in [1.82, 2.24) is 15.2 Å². The number of fused-ring (bicyclic) bond motifs is 2. The molecular weight excluding hydrogens is 394 g/mol. The van der Waals surface area contributed by atoms with Crippen LogP contribution in [0.25, 0.3) is 15.8 Å². The van der Waals surface area contributed by atoms with Crippen molar-refractivity contribution in [3.8, 4) is 0 Å². The lowest BCUT2D eigenvalue weighted by Crippen LogP contribution is -2.33. The first-order valence-electron chi connectivity index (χ1n) is 10.2. The van der Waals surface area contributed by atoms with E-state index in [-0.39, 0.29) is 12.0 Å². The van der Waals surface area contributed by atoms with Gasteiger partial charge in [0, 0.05) is 11.8 Å². The summed E-state index contributed by atoms with van der Waals surface area (Å²) in [5.41, 5.74) is 3.72. The van der Waals surface area contributed by atoms with Gasteiger partial charge in [-0.15, -0.1) is 11.3 Å². The Morgan fingerprint density at radius 3 is 2.93 bits per heavy atom. The lowest BCUT2D eigenvalue weighted by molar-refractivity contribution is -0.122. The first-order chi connectivity index (χ1) is 14.7. The summed E-state index contributed by atoms with van der Waals surface area (Å²) in [4.78, 5) is 19.3. The Balaban J connectivity index is 1.43. The van der Waals surface area contributed by atoms with Gasteiger partial charge in [0.25, 0.3) is 5.91 Å². The third-order valence-corrected chi connectivity index (χ3v) is 6.36. The number of hydrogen-bond donors (Lipinski definition) is 1. The molecule has 0 bridgehead atoms. The number of aromatic nitrogens is 1. The Labute approximate surface area is 179 Å². The van der Waals surface area contributed by atoms with Crippen molar-refractivity contribution in [1.29, 1.82) is 0 Å². The van der Waals surface area contributed by atoms with Crippen LogP contribution in [0.1, 0.15) is 23.4 Å². The van der Waals surface area contributed by atoms with Gasteiger partial charge in [-0.05, 0) is 74.4 Å². The van der Waals surface area contributed by atoms with Gasteiger partial charge in [-0.3, -0.25) is 9.69 Å². The largest absolute Gasteiger partial charge is 0.489 e. The van der Waals surface area contributed by atoms with Gasteiger partial charge in [-0.1, -0.05) is 18.2 Å². The highest BCUT2D eigenvalue weighted by molar-refractivity contribution is 7.18. The van der Waals surface area contributed by atoms with E-state index in [2.05, 4.69) is 16.4 Å². The molecule has 3 aliphatic rings. The van der Waals surface area contributed by atoms with Crippen LogP contribution < -0.4 is 5.32 Å². The summed E-state index contributed by atoms with van der Waals surface area (Å²) in [6, 6.07) is 6.14. The molecule has 0 radical (unpaired) electrons. The van der Waals surface area contributed by atoms with Crippen LogP contribution in [0.15, 0.2) is 72.3 Å². The molecule has 2 aromatic rings. The fourth-order valence-electron chi connectivity index (χ4n) is 3.89. The zero-order chi connectivity index (χ0) is 20.5. The molecule has 1 N–H and O–H groups in total. The third-order valence-electron chi connectivity index (χ3n) is 5.43.